The van der Waals surface area contributed by atoms with Crippen LogP contribution in [0.15, 0.2) is 71.4 Å². The van der Waals surface area contributed by atoms with E-state index in [1.165, 1.54) is 17.8 Å². The van der Waals surface area contributed by atoms with Crippen molar-refractivity contribution in [1.29, 1.82) is 0 Å². The number of likely N-dealkylation sites (N-methyl/N-ethyl adjacent to an activating group) is 1. The van der Waals surface area contributed by atoms with Gasteiger partial charge < -0.3 is 39.9 Å². The number of halogens is 7. The number of hydrogen-bond acceptors (Lipinski definition) is 10. The fourth-order valence-electron chi connectivity index (χ4n) is 4.26. The summed E-state index contributed by atoms with van der Waals surface area (Å²) in [5.41, 5.74) is 5.21. The third kappa shape index (κ3) is 12.8. The van der Waals surface area contributed by atoms with E-state index < -0.39 is 24.3 Å². The molecule has 0 unspecified atom stereocenters. The highest BCUT2D eigenvalue weighted by molar-refractivity contribution is 5.88. The second kappa shape index (κ2) is 18.0. The van der Waals surface area contributed by atoms with Gasteiger partial charge in [-0.25, -0.2) is 19.0 Å². The van der Waals surface area contributed by atoms with Gasteiger partial charge in [0, 0.05) is 49.3 Å². The van der Waals surface area contributed by atoms with Crippen LogP contribution in [0.3, 0.4) is 0 Å². The average molecular weight is 731 g/mol. The standard InChI is InChI=1S/C28H31FN6O2.2C2HF3O2/c1-34(2)14-13-31-28-26(20-3-5-22(29)6-4-20)27(33-37-28)21-11-12-30-25(19-21)32-23-7-9-24(10-8-23)35-15-17-36-18-16-35;2*3-2(4,5)1(6)7/h3-12,19,31H,13-18H2,1-2H3,(H,30,32);2*(H,6,7). The lowest BCUT2D eigenvalue weighted by Crippen LogP contribution is -2.36. The van der Waals surface area contributed by atoms with Crippen molar-refractivity contribution in [3.8, 4) is 22.4 Å². The second-order valence-corrected chi connectivity index (χ2v) is 10.8. The molecule has 12 nitrogen and oxygen atoms in total. The molecular weight excluding hydrogens is 697 g/mol. The van der Waals surface area contributed by atoms with Gasteiger partial charge >= 0.3 is 24.3 Å². The number of morpholine rings is 1. The average Bonchev–Trinajstić information content (AvgIpc) is 3.49. The number of aromatic nitrogens is 2. The Morgan fingerprint density at radius 3 is 1.98 bits per heavy atom. The molecule has 0 amide bonds. The maximum Gasteiger partial charge on any atom is 0.490 e. The normalized spacial score (nSPS) is 13.0. The molecule has 19 heteroatoms. The molecule has 0 saturated carbocycles. The van der Waals surface area contributed by atoms with Crippen LogP contribution in [0.4, 0.5) is 53.8 Å². The van der Waals surface area contributed by atoms with E-state index in [1.54, 1.807) is 18.3 Å². The van der Waals surface area contributed by atoms with E-state index in [0.29, 0.717) is 23.9 Å². The minimum atomic E-state index is -5.08. The smallest absolute Gasteiger partial charge is 0.475 e. The first-order chi connectivity index (χ1) is 24.0. The van der Waals surface area contributed by atoms with Crippen LogP contribution < -0.4 is 15.5 Å². The molecule has 0 aliphatic carbocycles. The Labute approximate surface area is 286 Å². The van der Waals surface area contributed by atoms with Crippen LogP contribution in [0.25, 0.3) is 22.4 Å². The van der Waals surface area contributed by atoms with E-state index >= 15 is 0 Å². The van der Waals surface area contributed by atoms with Crippen molar-refractivity contribution in [3.05, 3.63) is 72.7 Å². The number of hydrogen-bond donors (Lipinski definition) is 4. The zero-order valence-electron chi connectivity index (χ0n) is 27.1. The third-order valence-electron chi connectivity index (χ3n) is 6.70. The van der Waals surface area contributed by atoms with Gasteiger partial charge in [0.05, 0.1) is 18.8 Å². The number of nitrogens with one attached hydrogen (secondary N) is 2. The summed E-state index contributed by atoms with van der Waals surface area (Å²) in [7, 11) is 4.02. The Hall–Kier alpha value is -5.43. The van der Waals surface area contributed by atoms with E-state index in [9.17, 15) is 30.7 Å². The number of ether oxygens (including phenoxy) is 1. The largest absolute Gasteiger partial charge is 0.490 e. The highest BCUT2D eigenvalue weighted by Crippen LogP contribution is 2.38. The summed E-state index contributed by atoms with van der Waals surface area (Å²) >= 11 is 0. The zero-order valence-corrected chi connectivity index (χ0v) is 27.1. The van der Waals surface area contributed by atoms with Gasteiger partial charge in [-0.05, 0) is 68.2 Å². The summed E-state index contributed by atoms with van der Waals surface area (Å²) in [5, 5.41) is 25.3. The summed E-state index contributed by atoms with van der Waals surface area (Å²) in [6, 6.07) is 18.5. The fourth-order valence-corrected chi connectivity index (χ4v) is 4.26. The number of carboxylic acids is 2. The Morgan fingerprint density at radius 1 is 0.882 bits per heavy atom. The van der Waals surface area contributed by atoms with E-state index in [1.807, 2.05) is 38.4 Å². The van der Waals surface area contributed by atoms with E-state index in [2.05, 4.69) is 42.7 Å². The van der Waals surface area contributed by atoms with Gasteiger partial charge in [0.25, 0.3) is 0 Å². The Bertz CT molecular complexity index is 1690. The lowest BCUT2D eigenvalue weighted by molar-refractivity contribution is -0.193. The molecule has 1 aliphatic heterocycles. The number of pyridine rings is 1. The first-order valence-corrected chi connectivity index (χ1v) is 14.9. The van der Waals surface area contributed by atoms with Crippen molar-refractivity contribution in [3.63, 3.8) is 0 Å². The number of carboxylic acid groups (broad SMARTS) is 2. The van der Waals surface area contributed by atoms with Gasteiger partial charge in [-0.1, -0.05) is 17.3 Å². The number of rotatable bonds is 9. The molecule has 1 aliphatic rings. The van der Waals surface area contributed by atoms with Gasteiger partial charge in [-0.15, -0.1) is 0 Å². The number of anilines is 4. The lowest BCUT2D eigenvalue weighted by atomic mass is 10.0. The van der Waals surface area contributed by atoms with E-state index in [-0.39, 0.29) is 5.82 Å². The number of aliphatic carboxylic acids is 2. The van der Waals surface area contributed by atoms with Crippen molar-refractivity contribution in [2.45, 2.75) is 12.4 Å². The summed E-state index contributed by atoms with van der Waals surface area (Å²) in [4.78, 5) is 26.7. The topological polar surface area (TPSA) is 153 Å². The molecule has 1 saturated heterocycles. The summed E-state index contributed by atoms with van der Waals surface area (Å²) in [6.07, 6.45) is -8.43. The quantitative estimate of drug-likeness (QED) is 0.142. The Kier molecular flexibility index (Phi) is 14.1. The van der Waals surface area contributed by atoms with E-state index in [4.69, 9.17) is 29.1 Å². The zero-order chi connectivity index (χ0) is 37.8. The molecule has 4 aromatic rings. The minimum Gasteiger partial charge on any atom is -0.475 e. The number of benzene rings is 2. The van der Waals surface area contributed by atoms with Crippen LogP contribution in [-0.2, 0) is 14.3 Å². The maximum atomic E-state index is 13.6. The molecule has 2 aromatic heterocycles. The lowest BCUT2D eigenvalue weighted by Gasteiger charge is -2.28. The highest BCUT2D eigenvalue weighted by atomic mass is 19.4. The molecule has 4 N–H and O–H groups in total. The van der Waals surface area contributed by atoms with Gasteiger partial charge in [-0.3, -0.25) is 0 Å². The molecule has 3 heterocycles. The van der Waals surface area contributed by atoms with Crippen molar-refractivity contribution in [2.75, 3.05) is 69.0 Å². The van der Waals surface area contributed by atoms with Crippen LogP contribution in [0.1, 0.15) is 0 Å². The maximum absolute atomic E-state index is 13.6. The van der Waals surface area contributed by atoms with Crippen LogP contribution in [0, 0.1) is 5.82 Å². The first-order valence-electron chi connectivity index (χ1n) is 14.9. The summed E-state index contributed by atoms with van der Waals surface area (Å²) in [6.45, 7) is 4.82. The van der Waals surface area contributed by atoms with Gasteiger partial charge in [0.2, 0.25) is 5.88 Å². The molecule has 51 heavy (non-hydrogen) atoms. The summed E-state index contributed by atoms with van der Waals surface area (Å²) in [5.74, 6) is -4.57. The predicted octanol–water partition coefficient (Wildman–Crippen LogP) is 6.36. The third-order valence-corrected chi connectivity index (χ3v) is 6.70. The fraction of sp³-hybridized carbons (Fsp3) is 0.312. The van der Waals surface area contributed by atoms with Crippen molar-refractivity contribution >= 4 is 35.0 Å². The second-order valence-electron chi connectivity index (χ2n) is 10.8. The molecule has 5 rings (SSSR count). The Morgan fingerprint density at radius 2 is 1.45 bits per heavy atom. The van der Waals surface area contributed by atoms with Gasteiger partial charge in [0.15, 0.2) is 0 Å². The molecule has 0 radical (unpaired) electrons. The van der Waals surface area contributed by atoms with Crippen molar-refractivity contribution in [1.82, 2.24) is 15.0 Å². The molecule has 2 aromatic carbocycles. The molecule has 0 spiro atoms. The molecule has 276 valence electrons. The van der Waals surface area contributed by atoms with Crippen LogP contribution in [0.5, 0.6) is 0 Å². The first kappa shape index (κ1) is 40.0. The van der Waals surface area contributed by atoms with Crippen LogP contribution in [0.2, 0.25) is 0 Å². The highest BCUT2D eigenvalue weighted by Gasteiger charge is 2.38. The van der Waals surface area contributed by atoms with Crippen molar-refractivity contribution in [2.24, 2.45) is 0 Å². The predicted molar refractivity (Wildman–Crippen MR) is 172 cm³/mol. The molecule has 1 fully saturated rings. The molecular formula is C32H33F7N6O6. The van der Waals surface area contributed by atoms with Crippen LogP contribution in [-0.4, -0.2) is 103 Å². The SMILES string of the molecule is CN(C)CCNc1onc(-c2ccnc(Nc3ccc(N4CCOCC4)cc3)c2)c1-c1ccc(F)cc1.O=C(O)C(F)(F)F.O=C(O)C(F)(F)F. The van der Waals surface area contributed by atoms with Crippen LogP contribution >= 0.6 is 0 Å². The van der Waals surface area contributed by atoms with E-state index in [0.717, 1.165) is 55.2 Å². The molecule has 0 bridgehead atoms. The van der Waals surface area contributed by atoms with Gasteiger partial charge in [-0.2, -0.15) is 26.3 Å². The minimum absolute atomic E-state index is 0.293. The van der Waals surface area contributed by atoms with Crippen molar-refractivity contribution < 1.29 is 59.8 Å². The number of nitrogens with zero attached hydrogens (tertiary/aromatic N) is 4. The number of alkyl halides is 6. The van der Waals surface area contributed by atoms with Gasteiger partial charge in [0.1, 0.15) is 17.3 Å². The Balaban J connectivity index is 0.000000424. The summed E-state index contributed by atoms with van der Waals surface area (Å²) < 4.78 is 88.3. The number of carbonyl (C=O) groups is 2. The molecule has 0 atom stereocenters. The monoisotopic (exact) mass is 730 g/mol.